The van der Waals surface area contributed by atoms with Crippen molar-refractivity contribution in [3.63, 3.8) is 0 Å². The number of nitrogens with zero attached hydrogens (tertiary/aromatic N) is 1. The Labute approximate surface area is 132 Å². The molecule has 2 rings (SSSR count). The highest BCUT2D eigenvalue weighted by molar-refractivity contribution is 6.30. The Balaban J connectivity index is 1.67. The monoisotopic (exact) mass is 311 g/mol. The molecule has 1 fully saturated rings. The first-order valence-corrected chi connectivity index (χ1v) is 8.13. The molecule has 21 heavy (non-hydrogen) atoms. The molecule has 1 aliphatic heterocycles. The zero-order chi connectivity index (χ0) is 15.2. The molecule has 0 radical (unpaired) electrons. The van der Waals surface area contributed by atoms with Gasteiger partial charge in [0.05, 0.1) is 19.3 Å². The Hall–Kier alpha value is -0.610. The second-order valence-corrected chi connectivity index (χ2v) is 6.90. The Bertz CT molecular complexity index is 413. The average Bonchev–Trinajstić information content (AvgIpc) is 2.39. The first-order valence-electron chi connectivity index (χ1n) is 7.75. The zero-order valence-electron chi connectivity index (χ0n) is 13.0. The lowest BCUT2D eigenvalue weighted by Gasteiger charge is -2.35. The van der Waals surface area contributed by atoms with Crippen LogP contribution in [0.5, 0.6) is 0 Å². The predicted octanol–water partition coefficient (Wildman–Crippen LogP) is 3.20. The summed E-state index contributed by atoms with van der Waals surface area (Å²) in [4.78, 5) is 2.36. The van der Waals surface area contributed by atoms with Crippen LogP contribution < -0.4 is 0 Å². The average molecular weight is 312 g/mol. The van der Waals surface area contributed by atoms with Gasteiger partial charge in [-0.1, -0.05) is 37.6 Å². The van der Waals surface area contributed by atoms with E-state index in [4.69, 9.17) is 16.3 Å². The number of hydrogen-bond acceptors (Lipinski definition) is 3. The molecule has 1 aromatic carbocycles. The highest BCUT2D eigenvalue weighted by atomic mass is 35.5. The van der Waals surface area contributed by atoms with Gasteiger partial charge in [0.2, 0.25) is 0 Å². The molecule has 3 unspecified atom stereocenters. The van der Waals surface area contributed by atoms with Crippen LogP contribution in [0.25, 0.3) is 0 Å². The van der Waals surface area contributed by atoms with Crippen molar-refractivity contribution in [2.24, 2.45) is 11.8 Å². The highest BCUT2D eigenvalue weighted by Crippen LogP contribution is 2.21. The summed E-state index contributed by atoms with van der Waals surface area (Å²) in [6, 6.07) is 7.60. The minimum atomic E-state index is -0.421. The summed E-state index contributed by atoms with van der Waals surface area (Å²) in [6.45, 7) is 8.33. The van der Waals surface area contributed by atoms with Crippen LogP contribution in [0.1, 0.15) is 25.8 Å². The standard InChI is InChI=1S/C17H26ClNO2/c1-13-7-14(2)9-19(8-13)10-17(20)12-21-11-15-3-5-16(18)6-4-15/h3-6,13-14,17,20H,7-12H2,1-2H3. The maximum atomic E-state index is 10.1. The maximum absolute atomic E-state index is 10.1. The molecule has 3 atom stereocenters. The van der Waals surface area contributed by atoms with Gasteiger partial charge in [-0.2, -0.15) is 0 Å². The lowest BCUT2D eigenvalue weighted by Crippen LogP contribution is -2.43. The van der Waals surface area contributed by atoms with Crippen LogP contribution in [0.3, 0.4) is 0 Å². The topological polar surface area (TPSA) is 32.7 Å². The molecule has 0 saturated carbocycles. The number of β-amino-alcohol motifs (C(OH)–C–C–N with tert-alkyl or cyclic N) is 1. The summed E-state index contributed by atoms with van der Waals surface area (Å²) in [5, 5.41) is 10.8. The highest BCUT2D eigenvalue weighted by Gasteiger charge is 2.23. The number of hydrogen-bond donors (Lipinski definition) is 1. The summed E-state index contributed by atoms with van der Waals surface area (Å²) in [6.07, 6.45) is 0.870. The molecule has 0 amide bonds. The number of aliphatic hydroxyl groups excluding tert-OH is 1. The van der Waals surface area contributed by atoms with E-state index in [9.17, 15) is 5.11 Å². The van der Waals surface area contributed by atoms with E-state index in [1.54, 1.807) is 0 Å². The van der Waals surface area contributed by atoms with E-state index in [0.29, 0.717) is 19.8 Å². The number of piperidine rings is 1. The zero-order valence-corrected chi connectivity index (χ0v) is 13.7. The van der Waals surface area contributed by atoms with Crippen LogP contribution in [0.4, 0.5) is 0 Å². The van der Waals surface area contributed by atoms with Crippen molar-refractivity contribution in [2.75, 3.05) is 26.2 Å². The van der Waals surface area contributed by atoms with Crippen LogP contribution in [-0.2, 0) is 11.3 Å². The summed E-state index contributed by atoms with van der Waals surface area (Å²) < 4.78 is 5.60. The minimum Gasteiger partial charge on any atom is -0.389 e. The van der Waals surface area contributed by atoms with E-state index in [2.05, 4.69) is 18.7 Å². The van der Waals surface area contributed by atoms with Gasteiger partial charge in [-0.25, -0.2) is 0 Å². The molecular formula is C17H26ClNO2. The second kappa shape index (κ2) is 8.14. The SMILES string of the molecule is CC1CC(C)CN(CC(O)COCc2ccc(Cl)cc2)C1. The fourth-order valence-electron chi connectivity index (χ4n) is 3.19. The summed E-state index contributed by atoms with van der Waals surface area (Å²) in [5.74, 6) is 1.44. The van der Waals surface area contributed by atoms with E-state index >= 15 is 0 Å². The molecule has 0 spiro atoms. The summed E-state index contributed by atoms with van der Waals surface area (Å²) in [5.41, 5.74) is 1.08. The molecular weight excluding hydrogens is 286 g/mol. The molecule has 1 aliphatic rings. The molecule has 1 saturated heterocycles. The summed E-state index contributed by atoms with van der Waals surface area (Å²) in [7, 11) is 0. The normalized spacial score (nSPS) is 25.0. The molecule has 4 heteroatoms. The van der Waals surface area contributed by atoms with Crippen LogP contribution in [0.2, 0.25) is 5.02 Å². The number of ether oxygens (including phenoxy) is 1. The maximum Gasteiger partial charge on any atom is 0.0900 e. The lowest BCUT2D eigenvalue weighted by atomic mass is 9.92. The van der Waals surface area contributed by atoms with Crippen LogP contribution in [-0.4, -0.2) is 42.4 Å². The van der Waals surface area contributed by atoms with E-state index in [1.165, 1.54) is 6.42 Å². The van der Waals surface area contributed by atoms with Crippen molar-refractivity contribution in [1.82, 2.24) is 4.90 Å². The molecule has 1 heterocycles. The van der Waals surface area contributed by atoms with E-state index in [-0.39, 0.29) is 0 Å². The molecule has 3 nitrogen and oxygen atoms in total. The molecule has 1 aromatic rings. The van der Waals surface area contributed by atoms with E-state index in [0.717, 1.165) is 35.5 Å². The summed E-state index contributed by atoms with van der Waals surface area (Å²) >= 11 is 5.84. The first-order chi connectivity index (χ1) is 10.0. The molecule has 118 valence electrons. The molecule has 1 N–H and O–H groups in total. The first kappa shape index (κ1) is 16.8. The third-order valence-electron chi connectivity index (χ3n) is 3.91. The van der Waals surface area contributed by atoms with Gasteiger partial charge in [0.25, 0.3) is 0 Å². The molecule has 0 aliphatic carbocycles. The van der Waals surface area contributed by atoms with Gasteiger partial charge in [0.1, 0.15) is 0 Å². The number of halogens is 1. The number of benzene rings is 1. The van der Waals surface area contributed by atoms with Crippen LogP contribution in [0.15, 0.2) is 24.3 Å². The van der Waals surface area contributed by atoms with Gasteiger partial charge in [-0.15, -0.1) is 0 Å². The van der Waals surface area contributed by atoms with Crippen molar-refractivity contribution >= 4 is 11.6 Å². The molecule has 0 aromatic heterocycles. The van der Waals surface area contributed by atoms with Crippen molar-refractivity contribution in [1.29, 1.82) is 0 Å². The fraction of sp³-hybridized carbons (Fsp3) is 0.647. The Morgan fingerprint density at radius 3 is 2.48 bits per heavy atom. The van der Waals surface area contributed by atoms with E-state index in [1.807, 2.05) is 24.3 Å². The second-order valence-electron chi connectivity index (χ2n) is 6.46. The largest absolute Gasteiger partial charge is 0.389 e. The third-order valence-corrected chi connectivity index (χ3v) is 4.16. The third kappa shape index (κ3) is 5.95. The van der Waals surface area contributed by atoms with Gasteiger partial charge in [0, 0.05) is 24.7 Å². The Morgan fingerprint density at radius 2 is 1.86 bits per heavy atom. The Kier molecular flexibility index (Phi) is 6.49. The van der Waals surface area contributed by atoms with E-state index < -0.39 is 6.10 Å². The quantitative estimate of drug-likeness (QED) is 0.875. The minimum absolute atomic E-state index is 0.377. The van der Waals surface area contributed by atoms with Crippen molar-refractivity contribution in [3.05, 3.63) is 34.9 Å². The van der Waals surface area contributed by atoms with Crippen LogP contribution >= 0.6 is 11.6 Å². The van der Waals surface area contributed by atoms with Crippen molar-refractivity contribution in [3.8, 4) is 0 Å². The number of rotatable bonds is 6. The fourth-order valence-corrected chi connectivity index (χ4v) is 3.31. The van der Waals surface area contributed by atoms with Crippen molar-refractivity contribution < 1.29 is 9.84 Å². The van der Waals surface area contributed by atoms with Gasteiger partial charge >= 0.3 is 0 Å². The van der Waals surface area contributed by atoms with Gasteiger partial charge in [0.15, 0.2) is 0 Å². The van der Waals surface area contributed by atoms with Crippen molar-refractivity contribution in [2.45, 2.75) is 33.0 Å². The smallest absolute Gasteiger partial charge is 0.0900 e. The van der Waals surface area contributed by atoms with Gasteiger partial charge in [-0.3, -0.25) is 0 Å². The predicted molar refractivity (Wildman–Crippen MR) is 86.5 cm³/mol. The lowest BCUT2D eigenvalue weighted by molar-refractivity contribution is -0.000893. The number of likely N-dealkylation sites (tertiary alicyclic amines) is 1. The molecule has 0 bridgehead atoms. The van der Waals surface area contributed by atoms with Gasteiger partial charge in [-0.05, 0) is 36.0 Å². The number of aliphatic hydroxyl groups is 1. The van der Waals surface area contributed by atoms with Gasteiger partial charge < -0.3 is 14.7 Å². The Morgan fingerprint density at radius 1 is 1.24 bits per heavy atom. The van der Waals surface area contributed by atoms with Crippen LogP contribution in [0, 0.1) is 11.8 Å².